The van der Waals surface area contributed by atoms with Crippen molar-refractivity contribution in [2.24, 2.45) is 11.7 Å². The summed E-state index contributed by atoms with van der Waals surface area (Å²) in [6.45, 7) is 0.398. The molecule has 1 fully saturated rings. The third-order valence-corrected chi connectivity index (χ3v) is 5.47. The largest absolute Gasteiger partial charge is 0.328 e. The van der Waals surface area contributed by atoms with Gasteiger partial charge in [0.05, 0.1) is 5.02 Å². The van der Waals surface area contributed by atoms with Crippen molar-refractivity contribution in [3.63, 3.8) is 0 Å². The summed E-state index contributed by atoms with van der Waals surface area (Å²) in [5.41, 5.74) is 5.80. The maximum atomic E-state index is 12.1. The molecule has 1 aromatic rings. The molecule has 2 atom stereocenters. The number of nitrogens with two attached hydrogens (primary N) is 1. The molecule has 3 N–H and O–H groups in total. The van der Waals surface area contributed by atoms with Crippen molar-refractivity contribution in [3.05, 3.63) is 28.2 Å². The van der Waals surface area contributed by atoms with Gasteiger partial charge in [0, 0.05) is 17.6 Å². The number of hydrogen-bond acceptors (Lipinski definition) is 3. The summed E-state index contributed by atoms with van der Waals surface area (Å²) in [4.78, 5) is 0.0564. The van der Waals surface area contributed by atoms with E-state index in [0.717, 1.165) is 19.3 Å². The molecule has 0 bridgehead atoms. The summed E-state index contributed by atoms with van der Waals surface area (Å²) in [7, 11) is -3.59. The van der Waals surface area contributed by atoms with Gasteiger partial charge in [-0.2, -0.15) is 0 Å². The Bertz CT molecular complexity index is 563. The highest BCUT2D eigenvalue weighted by atomic mass is 35.5. The fraction of sp³-hybridized carbons (Fsp3) is 0.500. The van der Waals surface area contributed by atoms with Gasteiger partial charge >= 0.3 is 0 Å². The molecule has 0 unspecified atom stereocenters. The standard InChI is InChI=1S/C12H16Cl2N2O2S/c13-9-2-4-12(11(14)6-9)19(17,18)16-7-8-1-3-10(15)5-8/h2,4,6,8,10,16H,1,3,5,7,15H2/t8-,10+/m1/s1. The Hall–Kier alpha value is -0.330. The van der Waals surface area contributed by atoms with E-state index >= 15 is 0 Å². The van der Waals surface area contributed by atoms with E-state index in [2.05, 4.69) is 4.72 Å². The zero-order valence-electron chi connectivity index (χ0n) is 10.3. The zero-order chi connectivity index (χ0) is 14.0. The molecule has 1 saturated carbocycles. The Labute approximate surface area is 123 Å². The van der Waals surface area contributed by atoms with Gasteiger partial charge < -0.3 is 5.73 Å². The number of rotatable bonds is 4. The molecule has 0 saturated heterocycles. The molecule has 2 rings (SSSR count). The van der Waals surface area contributed by atoms with E-state index in [9.17, 15) is 8.42 Å². The first-order valence-electron chi connectivity index (χ1n) is 6.09. The minimum Gasteiger partial charge on any atom is -0.328 e. The lowest BCUT2D eigenvalue weighted by Gasteiger charge is -2.12. The Morgan fingerprint density at radius 1 is 1.32 bits per heavy atom. The highest BCUT2D eigenvalue weighted by Crippen LogP contribution is 2.26. The van der Waals surface area contributed by atoms with Crippen LogP contribution in [-0.4, -0.2) is 21.0 Å². The van der Waals surface area contributed by atoms with Crippen LogP contribution in [0.5, 0.6) is 0 Å². The number of hydrogen-bond donors (Lipinski definition) is 2. The molecule has 0 amide bonds. The van der Waals surface area contributed by atoms with E-state index < -0.39 is 10.0 Å². The van der Waals surface area contributed by atoms with Crippen molar-refractivity contribution in [2.75, 3.05) is 6.54 Å². The SMILES string of the molecule is N[C@H]1CC[C@@H](CNS(=O)(=O)c2ccc(Cl)cc2Cl)C1. The monoisotopic (exact) mass is 322 g/mol. The predicted molar refractivity (Wildman–Crippen MR) is 77.0 cm³/mol. The molecular weight excluding hydrogens is 307 g/mol. The lowest BCUT2D eigenvalue weighted by molar-refractivity contribution is 0.512. The molecule has 0 heterocycles. The molecule has 106 valence electrons. The van der Waals surface area contributed by atoms with Crippen molar-refractivity contribution >= 4 is 33.2 Å². The lowest BCUT2D eigenvalue weighted by Crippen LogP contribution is -2.29. The van der Waals surface area contributed by atoms with Crippen molar-refractivity contribution in [1.29, 1.82) is 0 Å². The Morgan fingerprint density at radius 3 is 2.63 bits per heavy atom. The van der Waals surface area contributed by atoms with Crippen molar-refractivity contribution < 1.29 is 8.42 Å². The summed E-state index contributed by atoms with van der Waals surface area (Å²) in [5, 5.41) is 0.536. The summed E-state index contributed by atoms with van der Waals surface area (Å²) < 4.78 is 26.9. The zero-order valence-corrected chi connectivity index (χ0v) is 12.6. The van der Waals surface area contributed by atoms with Crippen molar-refractivity contribution in [1.82, 2.24) is 4.72 Å². The quantitative estimate of drug-likeness (QED) is 0.894. The van der Waals surface area contributed by atoms with Gasteiger partial charge in [-0.25, -0.2) is 13.1 Å². The normalized spacial score (nSPS) is 23.7. The molecule has 0 aromatic heterocycles. The summed E-state index contributed by atoms with van der Waals surface area (Å²) in [6, 6.07) is 4.53. The summed E-state index contributed by atoms with van der Waals surface area (Å²) >= 11 is 11.7. The van der Waals surface area contributed by atoms with Gasteiger partial charge in [-0.1, -0.05) is 23.2 Å². The number of benzene rings is 1. The molecule has 1 aliphatic carbocycles. The second-order valence-corrected chi connectivity index (χ2v) is 7.44. The first-order chi connectivity index (χ1) is 8.88. The first-order valence-corrected chi connectivity index (χ1v) is 8.32. The van der Waals surface area contributed by atoms with Crippen molar-refractivity contribution in [2.45, 2.75) is 30.2 Å². The fourth-order valence-corrected chi connectivity index (χ4v) is 4.18. The number of nitrogens with one attached hydrogen (secondary N) is 1. The molecule has 0 spiro atoms. The average Bonchev–Trinajstić information content (AvgIpc) is 2.72. The van der Waals surface area contributed by atoms with Gasteiger partial charge in [-0.15, -0.1) is 0 Å². The van der Waals surface area contributed by atoms with Crippen LogP contribution in [0.2, 0.25) is 10.0 Å². The van der Waals surface area contributed by atoms with Crippen LogP contribution >= 0.6 is 23.2 Å². The Kier molecular flexibility index (Phi) is 4.74. The summed E-state index contributed by atoms with van der Waals surface area (Å²) in [6.07, 6.45) is 2.77. The third kappa shape index (κ3) is 3.83. The minimum atomic E-state index is -3.59. The van der Waals surface area contributed by atoms with Gasteiger partial charge in [0.1, 0.15) is 4.90 Å². The van der Waals surface area contributed by atoms with Crippen LogP contribution in [0.15, 0.2) is 23.1 Å². The number of sulfonamides is 1. The molecule has 1 aliphatic rings. The van der Waals surface area contributed by atoms with Crippen LogP contribution in [0.25, 0.3) is 0 Å². The second kappa shape index (κ2) is 5.97. The van der Waals surface area contributed by atoms with Crippen LogP contribution in [0, 0.1) is 5.92 Å². The van der Waals surface area contributed by atoms with E-state index in [-0.39, 0.29) is 16.0 Å². The first kappa shape index (κ1) is 15.1. The number of halogens is 2. The van der Waals surface area contributed by atoms with Crippen LogP contribution in [0.3, 0.4) is 0 Å². The van der Waals surface area contributed by atoms with E-state index in [1.54, 1.807) is 0 Å². The highest BCUT2D eigenvalue weighted by Gasteiger charge is 2.24. The van der Waals surface area contributed by atoms with E-state index in [0.29, 0.717) is 17.5 Å². The molecule has 1 aromatic carbocycles. The Morgan fingerprint density at radius 2 is 2.05 bits per heavy atom. The van der Waals surface area contributed by atoms with Crippen LogP contribution in [0.4, 0.5) is 0 Å². The predicted octanol–water partition coefficient (Wildman–Crippen LogP) is 2.40. The molecule has 19 heavy (non-hydrogen) atoms. The van der Waals surface area contributed by atoms with E-state index in [1.807, 2.05) is 0 Å². The van der Waals surface area contributed by atoms with Crippen LogP contribution < -0.4 is 10.5 Å². The molecule has 4 nitrogen and oxygen atoms in total. The van der Waals surface area contributed by atoms with Gasteiger partial charge in [0.15, 0.2) is 0 Å². The van der Waals surface area contributed by atoms with Gasteiger partial charge in [-0.3, -0.25) is 0 Å². The third-order valence-electron chi connectivity index (χ3n) is 3.33. The maximum absolute atomic E-state index is 12.1. The lowest BCUT2D eigenvalue weighted by atomic mass is 10.1. The van der Waals surface area contributed by atoms with Crippen LogP contribution in [0.1, 0.15) is 19.3 Å². The van der Waals surface area contributed by atoms with Crippen molar-refractivity contribution in [3.8, 4) is 0 Å². The fourth-order valence-electron chi connectivity index (χ4n) is 2.30. The molecule has 7 heteroatoms. The smallest absolute Gasteiger partial charge is 0.242 e. The highest BCUT2D eigenvalue weighted by molar-refractivity contribution is 7.89. The summed E-state index contributed by atoms with van der Waals surface area (Å²) in [5.74, 6) is 0.302. The van der Waals surface area contributed by atoms with E-state index in [1.165, 1.54) is 18.2 Å². The van der Waals surface area contributed by atoms with Gasteiger partial charge in [-0.05, 0) is 43.4 Å². The molecule has 0 aliphatic heterocycles. The molecular formula is C12H16Cl2N2O2S. The topological polar surface area (TPSA) is 72.2 Å². The van der Waals surface area contributed by atoms with Gasteiger partial charge in [0.25, 0.3) is 0 Å². The maximum Gasteiger partial charge on any atom is 0.242 e. The van der Waals surface area contributed by atoms with E-state index in [4.69, 9.17) is 28.9 Å². The average molecular weight is 323 g/mol. The van der Waals surface area contributed by atoms with Crippen LogP contribution in [-0.2, 0) is 10.0 Å². The Balaban J connectivity index is 2.06. The molecule has 0 radical (unpaired) electrons. The van der Waals surface area contributed by atoms with Gasteiger partial charge in [0.2, 0.25) is 10.0 Å². The minimum absolute atomic E-state index is 0.0564. The second-order valence-electron chi connectivity index (χ2n) is 4.87.